The summed E-state index contributed by atoms with van der Waals surface area (Å²) in [5.41, 5.74) is 5.60. The fourth-order valence-electron chi connectivity index (χ4n) is 4.53. The number of carbonyl (C=O) groups excluding carboxylic acids is 1. The van der Waals surface area contributed by atoms with Crippen LogP contribution in [0.2, 0.25) is 0 Å². The summed E-state index contributed by atoms with van der Waals surface area (Å²) < 4.78 is 7.37. The highest BCUT2D eigenvalue weighted by Crippen LogP contribution is 2.37. The van der Waals surface area contributed by atoms with E-state index in [1.54, 1.807) is 7.11 Å². The molecule has 202 valence electrons. The zero-order valence-electron chi connectivity index (χ0n) is 22.3. The van der Waals surface area contributed by atoms with Gasteiger partial charge in [-0.3, -0.25) is 9.48 Å². The van der Waals surface area contributed by atoms with E-state index in [-0.39, 0.29) is 11.8 Å². The first-order chi connectivity index (χ1) is 18.1. The standard InChI is InChI=1S/C27H33N3O2.C2H2O4/c1-5-29-17-20(16-28-29)18-30(23-12-9-21(10-13-23)19(2)3)27(31)25-8-6-7-22-11-14-24(32-4)15-26(22)25;3-1(4)2(5)6/h9-17,19,25H,5-8,18H2,1-4H3;(H,3,4)(H,5,6). The highest BCUT2D eigenvalue weighted by Gasteiger charge is 2.31. The molecule has 0 saturated heterocycles. The van der Waals surface area contributed by atoms with Crippen LogP contribution >= 0.6 is 0 Å². The Morgan fingerprint density at radius 2 is 1.79 bits per heavy atom. The number of ether oxygens (including phenoxy) is 1. The van der Waals surface area contributed by atoms with Crippen LogP contribution in [0.25, 0.3) is 0 Å². The normalized spacial score (nSPS) is 14.2. The van der Waals surface area contributed by atoms with Crippen LogP contribution in [0.15, 0.2) is 54.9 Å². The molecule has 9 nitrogen and oxygen atoms in total. The lowest BCUT2D eigenvalue weighted by Crippen LogP contribution is -2.36. The first kappa shape index (κ1) is 28.4. The summed E-state index contributed by atoms with van der Waals surface area (Å²) in [5, 5.41) is 19.2. The largest absolute Gasteiger partial charge is 0.497 e. The maximum atomic E-state index is 14.0. The summed E-state index contributed by atoms with van der Waals surface area (Å²) in [6, 6.07) is 14.6. The lowest BCUT2D eigenvalue weighted by molar-refractivity contribution is -0.159. The zero-order valence-corrected chi connectivity index (χ0v) is 22.3. The van der Waals surface area contributed by atoms with E-state index in [4.69, 9.17) is 24.5 Å². The Morgan fingerprint density at radius 3 is 2.34 bits per heavy atom. The van der Waals surface area contributed by atoms with Gasteiger partial charge in [-0.05, 0) is 73.1 Å². The number of carboxylic acids is 2. The van der Waals surface area contributed by atoms with E-state index in [2.05, 4.69) is 56.2 Å². The molecule has 0 fully saturated rings. The Morgan fingerprint density at radius 1 is 1.11 bits per heavy atom. The van der Waals surface area contributed by atoms with Crippen LogP contribution in [-0.2, 0) is 33.9 Å². The highest BCUT2D eigenvalue weighted by molar-refractivity contribution is 6.27. The fourth-order valence-corrected chi connectivity index (χ4v) is 4.53. The predicted molar refractivity (Wildman–Crippen MR) is 144 cm³/mol. The number of nitrogens with zero attached hydrogens (tertiary/aromatic N) is 3. The number of aromatic nitrogens is 2. The van der Waals surface area contributed by atoms with Crippen molar-refractivity contribution in [1.82, 2.24) is 9.78 Å². The van der Waals surface area contributed by atoms with Gasteiger partial charge in [0.2, 0.25) is 5.91 Å². The van der Waals surface area contributed by atoms with Gasteiger partial charge in [0.05, 0.1) is 25.8 Å². The van der Waals surface area contributed by atoms with Crippen LogP contribution in [0.1, 0.15) is 67.7 Å². The first-order valence-corrected chi connectivity index (χ1v) is 12.7. The van der Waals surface area contributed by atoms with Gasteiger partial charge in [0.1, 0.15) is 5.75 Å². The van der Waals surface area contributed by atoms with Crippen molar-refractivity contribution in [3.8, 4) is 5.75 Å². The average Bonchev–Trinajstić information content (AvgIpc) is 3.39. The molecule has 1 aliphatic rings. The lowest BCUT2D eigenvalue weighted by atomic mass is 9.81. The lowest BCUT2D eigenvalue weighted by Gasteiger charge is -2.31. The van der Waals surface area contributed by atoms with Gasteiger partial charge in [-0.1, -0.05) is 32.0 Å². The van der Waals surface area contributed by atoms with Crippen LogP contribution in [-0.4, -0.2) is 44.9 Å². The molecule has 1 aromatic heterocycles. The molecule has 4 rings (SSSR count). The van der Waals surface area contributed by atoms with E-state index < -0.39 is 11.9 Å². The van der Waals surface area contributed by atoms with Crippen LogP contribution < -0.4 is 9.64 Å². The fraction of sp³-hybridized carbons (Fsp3) is 0.379. The second-order valence-corrected chi connectivity index (χ2v) is 9.49. The van der Waals surface area contributed by atoms with Gasteiger partial charge in [-0.2, -0.15) is 5.10 Å². The van der Waals surface area contributed by atoms with E-state index in [9.17, 15) is 4.79 Å². The second-order valence-electron chi connectivity index (χ2n) is 9.49. The van der Waals surface area contributed by atoms with Gasteiger partial charge >= 0.3 is 11.9 Å². The molecule has 2 aromatic carbocycles. The molecule has 0 bridgehead atoms. The summed E-state index contributed by atoms with van der Waals surface area (Å²) in [5.74, 6) is -2.42. The highest BCUT2D eigenvalue weighted by atomic mass is 16.5. The summed E-state index contributed by atoms with van der Waals surface area (Å²) in [4.78, 5) is 34.1. The van der Waals surface area contributed by atoms with E-state index in [0.29, 0.717) is 12.5 Å². The van der Waals surface area contributed by atoms with Crippen LogP contribution in [0.3, 0.4) is 0 Å². The van der Waals surface area contributed by atoms with E-state index in [1.165, 1.54) is 11.1 Å². The number of methoxy groups -OCH3 is 1. The molecule has 0 spiro atoms. The Bertz CT molecular complexity index is 1250. The number of fused-ring (bicyclic) bond motifs is 1. The smallest absolute Gasteiger partial charge is 0.414 e. The van der Waals surface area contributed by atoms with Gasteiger partial charge in [-0.25, -0.2) is 9.59 Å². The van der Waals surface area contributed by atoms with Gasteiger partial charge in [0.25, 0.3) is 0 Å². The van der Waals surface area contributed by atoms with Crippen molar-refractivity contribution in [3.05, 3.63) is 77.1 Å². The number of carbonyl (C=O) groups is 3. The Kier molecular flexibility index (Phi) is 9.65. The molecule has 9 heteroatoms. The molecular formula is C29H35N3O6. The molecule has 38 heavy (non-hydrogen) atoms. The third-order valence-electron chi connectivity index (χ3n) is 6.64. The van der Waals surface area contributed by atoms with Crippen molar-refractivity contribution in [3.63, 3.8) is 0 Å². The molecular weight excluding hydrogens is 486 g/mol. The number of carboxylic acid groups (broad SMARTS) is 2. The number of anilines is 1. The minimum absolute atomic E-state index is 0.140. The van der Waals surface area contributed by atoms with E-state index >= 15 is 0 Å². The molecule has 3 aromatic rings. The monoisotopic (exact) mass is 521 g/mol. The quantitative estimate of drug-likeness (QED) is 0.427. The molecule has 0 saturated carbocycles. The molecule has 1 unspecified atom stereocenters. The maximum Gasteiger partial charge on any atom is 0.414 e. The van der Waals surface area contributed by atoms with Crippen LogP contribution in [0.4, 0.5) is 5.69 Å². The van der Waals surface area contributed by atoms with Crippen molar-refractivity contribution >= 4 is 23.5 Å². The summed E-state index contributed by atoms with van der Waals surface area (Å²) in [6.45, 7) is 7.76. The molecule has 1 amide bonds. The molecule has 2 N–H and O–H groups in total. The molecule has 1 atom stereocenters. The van der Waals surface area contributed by atoms with Crippen molar-refractivity contribution < 1.29 is 29.3 Å². The molecule has 1 heterocycles. The van der Waals surface area contributed by atoms with Gasteiger partial charge < -0.3 is 19.8 Å². The SMILES string of the molecule is CCn1cc(CN(C(=O)C2CCCc3ccc(OC)cc32)c2ccc(C(C)C)cc2)cn1.O=C(O)C(=O)O. The van der Waals surface area contributed by atoms with Gasteiger partial charge in [0.15, 0.2) is 0 Å². The molecule has 1 aliphatic carbocycles. The maximum absolute atomic E-state index is 14.0. The van der Waals surface area contributed by atoms with E-state index in [0.717, 1.165) is 48.4 Å². The van der Waals surface area contributed by atoms with E-state index in [1.807, 2.05) is 34.1 Å². The van der Waals surface area contributed by atoms with Gasteiger partial charge in [0, 0.05) is 24.0 Å². The van der Waals surface area contributed by atoms with Crippen LogP contribution in [0, 0.1) is 0 Å². The first-order valence-electron chi connectivity index (χ1n) is 12.7. The third kappa shape index (κ3) is 7.00. The molecule has 0 aliphatic heterocycles. The predicted octanol–water partition coefficient (Wildman–Crippen LogP) is 4.84. The Labute approximate surface area is 222 Å². The topological polar surface area (TPSA) is 122 Å². The van der Waals surface area contributed by atoms with Gasteiger partial charge in [-0.15, -0.1) is 0 Å². The number of aliphatic carboxylic acids is 2. The Balaban J connectivity index is 0.000000599. The number of benzene rings is 2. The minimum Gasteiger partial charge on any atom is -0.497 e. The van der Waals surface area contributed by atoms with Crippen molar-refractivity contribution in [2.45, 2.75) is 65.0 Å². The molecule has 0 radical (unpaired) electrons. The average molecular weight is 522 g/mol. The number of hydrogen-bond acceptors (Lipinski definition) is 5. The number of amides is 1. The van der Waals surface area contributed by atoms with Crippen molar-refractivity contribution in [2.75, 3.05) is 12.0 Å². The minimum atomic E-state index is -1.82. The second kappa shape index (κ2) is 12.9. The summed E-state index contributed by atoms with van der Waals surface area (Å²) in [6.07, 6.45) is 6.78. The summed E-state index contributed by atoms with van der Waals surface area (Å²) >= 11 is 0. The van der Waals surface area contributed by atoms with Crippen LogP contribution in [0.5, 0.6) is 5.75 Å². The third-order valence-corrected chi connectivity index (χ3v) is 6.64. The number of aryl methyl sites for hydroxylation is 2. The Hall–Kier alpha value is -4.14. The number of rotatable bonds is 7. The summed E-state index contributed by atoms with van der Waals surface area (Å²) in [7, 11) is 1.68. The van der Waals surface area contributed by atoms with Crippen molar-refractivity contribution in [1.29, 1.82) is 0 Å². The number of hydrogen-bond donors (Lipinski definition) is 2. The zero-order chi connectivity index (χ0) is 27.8. The van der Waals surface area contributed by atoms with Crippen molar-refractivity contribution in [2.24, 2.45) is 0 Å².